The second-order valence-corrected chi connectivity index (χ2v) is 7.78. The van der Waals surface area contributed by atoms with E-state index < -0.39 is 5.63 Å². The van der Waals surface area contributed by atoms with Gasteiger partial charge in [-0.3, -0.25) is 4.79 Å². The first-order chi connectivity index (χ1) is 16.2. The van der Waals surface area contributed by atoms with Gasteiger partial charge in [0.25, 0.3) is 5.91 Å². The summed E-state index contributed by atoms with van der Waals surface area (Å²) in [6, 6.07) is 29.9. The zero-order chi connectivity index (χ0) is 22.4. The summed E-state index contributed by atoms with van der Waals surface area (Å²) >= 11 is 0. The minimum atomic E-state index is -0.567. The number of para-hydroxylation sites is 1. The average Bonchev–Trinajstić information content (AvgIpc) is 3.24. The van der Waals surface area contributed by atoms with Gasteiger partial charge in [0, 0.05) is 11.1 Å². The number of hydrogen-bond acceptors (Lipinski definition) is 4. The van der Waals surface area contributed by atoms with Gasteiger partial charge in [-0.05, 0) is 41.1 Å². The molecular weight excluding hydrogens is 414 g/mol. The summed E-state index contributed by atoms with van der Waals surface area (Å²) in [5.74, 6) is 0.0663. The maximum absolute atomic E-state index is 13.0. The standard InChI is InChI=1S/C28H17NO4/c30-27(18-9-2-1-3-10-18)29-24-23-26(21-12-6-7-13-22(21)32-28(23)31)33-25(24)20-15-14-17-8-4-5-11-19(17)16-20/h1-16H,(H,29,30). The lowest BCUT2D eigenvalue weighted by atomic mass is 10.0. The quantitative estimate of drug-likeness (QED) is 0.320. The van der Waals surface area contributed by atoms with Crippen LogP contribution in [0.2, 0.25) is 0 Å². The van der Waals surface area contributed by atoms with Gasteiger partial charge in [0.05, 0.1) is 5.39 Å². The van der Waals surface area contributed by atoms with Crippen molar-refractivity contribution in [1.82, 2.24) is 0 Å². The minimum absolute atomic E-state index is 0.209. The van der Waals surface area contributed by atoms with Crippen molar-refractivity contribution < 1.29 is 13.6 Å². The van der Waals surface area contributed by atoms with E-state index in [4.69, 9.17) is 8.83 Å². The van der Waals surface area contributed by atoms with Crippen molar-refractivity contribution >= 4 is 44.3 Å². The number of carbonyl (C=O) groups excluding carboxylic acids is 1. The third-order valence-corrected chi connectivity index (χ3v) is 5.73. The molecule has 6 rings (SSSR count). The Labute approximate surface area is 187 Å². The maximum Gasteiger partial charge on any atom is 0.349 e. The van der Waals surface area contributed by atoms with Crippen LogP contribution in [0.15, 0.2) is 111 Å². The molecule has 0 radical (unpaired) electrons. The van der Waals surface area contributed by atoms with Crippen LogP contribution in [0.3, 0.4) is 0 Å². The van der Waals surface area contributed by atoms with Gasteiger partial charge >= 0.3 is 5.63 Å². The molecule has 2 heterocycles. The zero-order valence-corrected chi connectivity index (χ0v) is 17.4. The molecule has 0 aliphatic heterocycles. The lowest BCUT2D eigenvalue weighted by molar-refractivity contribution is 0.102. The van der Waals surface area contributed by atoms with Crippen molar-refractivity contribution in [2.24, 2.45) is 0 Å². The second kappa shape index (κ2) is 7.50. The van der Waals surface area contributed by atoms with Crippen LogP contribution in [-0.2, 0) is 0 Å². The molecule has 0 atom stereocenters. The molecule has 0 bridgehead atoms. The van der Waals surface area contributed by atoms with Gasteiger partial charge in [-0.2, -0.15) is 0 Å². The van der Waals surface area contributed by atoms with Gasteiger partial charge in [-0.25, -0.2) is 4.79 Å². The molecule has 33 heavy (non-hydrogen) atoms. The number of rotatable bonds is 3. The molecule has 1 amide bonds. The summed E-state index contributed by atoms with van der Waals surface area (Å²) in [6.07, 6.45) is 0. The Kier molecular flexibility index (Phi) is 4.33. The molecule has 0 aliphatic carbocycles. The number of nitrogens with one attached hydrogen (secondary N) is 1. The largest absolute Gasteiger partial charge is 0.453 e. The van der Waals surface area contributed by atoms with E-state index in [1.807, 2.05) is 60.7 Å². The van der Waals surface area contributed by atoms with E-state index >= 15 is 0 Å². The number of fused-ring (bicyclic) bond motifs is 4. The first kappa shape index (κ1) is 19.1. The van der Waals surface area contributed by atoms with E-state index in [1.54, 1.807) is 36.4 Å². The molecule has 5 heteroatoms. The molecular formula is C28H17NO4. The average molecular weight is 431 g/mol. The number of carbonyl (C=O) groups is 1. The smallest absolute Gasteiger partial charge is 0.349 e. The van der Waals surface area contributed by atoms with Crippen molar-refractivity contribution in [3.63, 3.8) is 0 Å². The summed E-state index contributed by atoms with van der Waals surface area (Å²) in [6.45, 7) is 0. The SMILES string of the molecule is O=C(Nc1c(-c2ccc3ccccc3c2)oc2c1c(=O)oc1ccccc12)c1ccccc1. The highest BCUT2D eigenvalue weighted by molar-refractivity contribution is 6.15. The molecule has 0 fully saturated rings. The highest BCUT2D eigenvalue weighted by atomic mass is 16.4. The summed E-state index contributed by atoms with van der Waals surface area (Å²) in [7, 11) is 0. The monoisotopic (exact) mass is 431 g/mol. The van der Waals surface area contributed by atoms with Crippen LogP contribution >= 0.6 is 0 Å². The van der Waals surface area contributed by atoms with Gasteiger partial charge in [0.2, 0.25) is 0 Å². The fourth-order valence-electron chi connectivity index (χ4n) is 4.14. The molecule has 0 saturated heterocycles. The highest BCUT2D eigenvalue weighted by Crippen LogP contribution is 2.40. The number of hydrogen-bond donors (Lipinski definition) is 1. The molecule has 0 spiro atoms. The van der Waals surface area contributed by atoms with Crippen LogP contribution in [0.5, 0.6) is 0 Å². The lowest BCUT2D eigenvalue weighted by Gasteiger charge is -2.07. The van der Waals surface area contributed by atoms with Gasteiger partial charge in [0.1, 0.15) is 16.7 Å². The molecule has 4 aromatic carbocycles. The second-order valence-electron chi connectivity index (χ2n) is 7.78. The third-order valence-electron chi connectivity index (χ3n) is 5.73. The number of amides is 1. The molecule has 0 unspecified atom stereocenters. The Hall–Kier alpha value is -4.64. The van der Waals surface area contributed by atoms with Gasteiger partial charge in [-0.15, -0.1) is 0 Å². The Balaban J connectivity index is 1.63. The molecule has 0 aliphatic rings. The fraction of sp³-hybridized carbons (Fsp3) is 0. The Bertz CT molecular complexity index is 1730. The molecule has 5 nitrogen and oxygen atoms in total. The van der Waals surface area contributed by atoms with E-state index in [-0.39, 0.29) is 11.3 Å². The van der Waals surface area contributed by atoms with Crippen LogP contribution in [0.4, 0.5) is 5.69 Å². The molecule has 1 N–H and O–H groups in total. The molecule has 6 aromatic rings. The lowest BCUT2D eigenvalue weighted by Crippen LogP contribution is -2.13. The van der Waals surface area contributed by atoms with Crippen molar-refractivity contribution in [3.8, 4) is 11.3 Å². The van der Waals surface area contributed by atoms with Crippen molar-refractivity contribution in [2.45, 2.75) is 0 Å². The number of furan rings is 1. The summed E-state index contributed by atoms with van der Waals surface area (Å²) in [5, 5.41) is 5.88. The van der Waals surface area contributed by atoms with E-state index in [0.29, 0.717) is 33.6 Å². The van der Waals surface area contributed by atoms with Gasteiger partial charge in [0.15, 0.2) is 11.3 Å². The Morgan fingerprint density at radius 1 is 0.727 bits per heavy atom. The minimum Gasteiger partial charge on any atom is -0.453 e. The predicted octanol–water partition coefficient (Wildman–Crippen LogP) is 6.61. The predicted molar refractivity (Wildman–Crippen MR) is 130 cm³/mol. The summed E-state index contributed by atoms with van der Waals surface area (Å²) in [4.78, 5) is 26.1. The molecule has 158 valence electrons. The van der Waals surface area contributed by atoms with Crippen LogP contribution in [-0.4, -0.2) is 5.91 Å². The van der Waals surface area contributed by atoms with Crippen molar-refractivity contribution in [2.75, 3.05) is 5.32 Å². The summed E-state index contributed by atoms with van der Waals surface area (Å²) < 4.78 is 11.8. The van der Waals surface area contributed by atoms with Crippen LogP contribution in [0, 0.1) is 0 Å². The van der Waals surface area contributed by atoms with E-state index in [2.05, 4.69) is 5.32 Å². The zero-order valence-electron chi connectivity index (χ0n) is 17.4. The van der Waals surface area contributed by atoms with Crippen LogP contribution < -0.4 is 10.9 Å². The Morgan fingerprint density at radius 3 is 2.30 bits per heavy atom. The van der Waals surface area contributed by atoms with Crippen molar-refractivity contribution in [3.05, 3.63) is 113 Å². The first-order valence-electron chi connectivity index (χ1n) is 10.5. The Morgan fingerprint density at radius 2 is 1.45 bits per heavy atom. The van der Waals surface area contributed by atoms with Gasteiger partial charge < -0.3 is 14.2 Å². The maximum atomic E-state index is 13.0. The topological polar surface area (TPSA) is 72.5 Å². The highest BCUT2D eigenvalue weighted by Gasteiger charge is 2.24. The molecule has 2 aromatic heterocycles. The normalized spacial score (nSPS) is 11.3. The van der Waals surface area contributed by atoms with E-state index in [9.17, 15) is 9.59 Å². The van der Waals surface area contributed by atoms with Crippen LogP contribution in [0.1, 0.15) is 10.4 Å². The van der Waals surface area contributed by atoms with Gasteiger partial charge in [-0.1, -0.05) is 66.7 Å². The fourth-order valence-corrected chi connectivity index (χ4v) is 4.14. The molecule has 0 saturated carbocycles. The summed E-state index contributed by atoms with van der Waals surface area (Å²) in [5.41, 5.74) is 1.76. The van der Waals surface area contributed by atoms with Crippen molar-refractivity contribution in [1.29, 1.82) is 0 Å². The van der Waals surface area contributed by atoms with Crippen LogP contribution in [0.25, 0.3) is 44.0 Å². The third kappa shape index (κ3) is 3.18. The number of anilines is 1. The van der Waals surface area contributed by atoms with E-state index in [0.717, 1.165) is 16.3 Å². The first-order valence-corrected chi connectivity index (χ1v) is 10.5. The number of benzene rings is 4. The van der Waals surface area contributed by atoms with E-state index in [1.165, 1.54) is 0 Å².